The number of aryl methyl sites for hydroxylation is 1. The topological polar surface area (TPSA) is 88.5 Å². The van der Waals surface area contributed by atoms with Gasteiger partial charge in [0, 0.05) is 26.1 Å². The Kier molecular flexibility index (Phi) is 4.43. The van der Waals surface area contributed by atoms with Crippen LogP contribution in [-0.2, 0) is 13.5 Å². The van der Waals surface area contributed by atoms with Crippen molar-refractivity contribution in [2.45, 2.75) is 36.9 Å². The van der Waals surface area contributed by atoms with Crippen LogP contribution in [0.2, 0.25) is 0 Å². The monoisotopic (exact) mass is 294 g/mol. The zero-order valence-electron chi connectivity index (χ0n) is 12.0. The predicted octanol–water partition coefficient (Wildman–Crippen LogP) is 1.35. The molecule has 0 aliphatic rings. The molecule has 0 aromatic carbocycles. The van der Waals surface area contributed by atoms with Gasteiger partial charge in [0.15, 0.2) is 5.16 Å². The van der Waals surface area contributed by atoms with Crippen LogP contribution >= 0.6 is 11.8 Å². The first-order valence-electron chi connectivity index (χ1n) is 6.41. The molecule has 2 aromatic rings. The molecule has 0 fully saturated rings. The predicted molar refractivity (Wildman–Crippen MR) is 78.3 cm³/mol. The van der Waals surface area contributed by atoms with E-state index in [0.29, 0.717) is 5.16 Å². The molecule has 0 saturated carbocycles. The number of nitrogens with zero attached hydrogens (tertiary/aromatic N) is 4. The van der Waals surface area contributed by atoms with Gasteiger partial charge in [-0.3, -0.25) is 4.57 Å². The van der Waals surface area contributed by atoms with E-state index < -0.39 is 0 Å². The first-order chi connectivity index (χ1) is 9.56. The van der Waals surface area contributed by atoms with Gasteiger partial charge in [0.2, 0.25) is 0 Å². The lowest BCUT2D eigenvalue weighted by molar-refractivity contribution is 0.760. The molecule has 0 unspecified atom stereocenters. The Morgan fingerprint density at radius 2 is 2.15 bits per heavy atom. The molecule has 0 saturated heterocycles. The van der Waals surface area contributed by atoms with E-state index in [1.54, 1.807) is 7.05 Å². The zero-order chi connectivity index (χ0) is 14.7. The lowest BCUT2D eigenvalue weighted by atomic mass is 10.3. The number of rotatable bonds is 5. The number of aromatic nitrogens is 5. The van der Waals surface area contributed by atoms with Crippen LogP contribution in [0.5, 0.6) is 0 Å². The number of hydrogen-bond donors (Lipinski definition) is 2. The minimum absolute atomic E-state index is 0.234. The van der Waals surface area contributed by atoms with Crippen LogP contribution in [0, 0.1) is 6.92 Å². The van der Waals surface area contributed by atoms with E-state index in [-0.39, 0.29) is 5.69 Å². The van der Waals surface area contributed by atoms with Gasteiger partial charge in [0.05, 0.1) is 0 Å². The SMILES string of the molecule is CCCc1nc(NC)c(C)c(Sc2n[nH]c(=O)n2C)n1. The number of anilines is 1. The summed E-state index contributed by atoms with van der Waals surface area (Å²) in [5, 5.41) is 10.9. The molecule has 0 aliphatic heterocycles. The molecule has 2 heterocycles. The molecule has 0 amide bonds. The maximum Gasteiger partial charge on any atom is 0.343 e. The molecule has 0 atom stereocenters. The maximum atomic E-state index is 11.4. The van der Waals surface area contributed by atoms with Crippen molar-refractivity contribution in [3.8, 4) is 0 Å². The molecule has 8 heteroatoms. The van der Waals surface area contributed by atoms with Crippen LogP contribution in [0.25, 0.3) is 0 Å². The van der Waals surface area contributed by atoms with Gasteiger partial charge >= 0.3 is 5.69 Å². The van der Waals surface area contributed by atoms with Crippen molar-refractivity contribution in [1.29, 1.82) is 0 Å². The molecule has 2 aromatic heterocycles. The first-order valence-corrected chi connectivity index (χ1v) is 7.23. The quantitative estimate of drug-likeness (QED) is 0.809. The Morgan fingerprint density at radius 1 is 1.40 bits per heavy atom. The average molecular weight is 294 g/mol. The lowest BCUT2D eigenvalue weighted by Crippen LogP contribution is -2.13. The fraction of sp³-hybridized carbons (Fsp3) is 0.500. The molecule has 0 spiro atoms. The van der Waals surface area contributed by atoms with Crippen molar-refractivity contribution in [1.82, 2.24) is 24.7 Å². The second-order valence-electron chi connectivity index (χ2n) is 4.39. The summed E-state index contributed by atoms with van der Waals surface area (Å²) in [6, 6.07) is 0. The van der Waals surface area contributed by atoms with Gasteiger partial charge < -0.3 is 5.32 Å². The Hall–Kier alpha value is -1.83. The molecule has 7 nitrogen and oxygen atoms in total. The van der Waals surface area contributed by atoms with E-state index in [2.05, 4.69) is 32.4 Å². The molecule has 2 N–H and O–H groups in total. The third-order valence-electron chi connectivity index (χ3n) is 2.88. The van der Waals surface area contributed by atoms with Crippen molar-refractivity contribution in [2.75, 3.05) is 12.4 Å². The standard InChI is InChI=1S/C12H18N6OS/c1-5-6-8-14-9(13-3)7(2)10(15-8)20-12-17-16-11(19)18(12)4/h5-6H2,1-4H3,(H,16,19)(H,13,14,15). The van der Waals surface area contributed by atoms with E-state index in [1.807, 2.05) is 14.0 Å². The van der Waals surface area contributed by atoms with Crippen LogP contribution in [0.15, 0.2) is 15.0 Å². The second kappa shape index (κ2) is 6.08. The van der Waals surface area contributed by atoms with Crippen molar-refractivity contribution in [3.05, 3.63) is 21.9 Å². The van der Waals surface area contributed by atoms with Crippen molar-refractivity contribution in [3.63, 3.8) is 0 Å². The molecular weight excluding hydrogens is 276 g/mol. The van der Waals surface area contributed by atoms with E-state index in [4.69, 9.17) is 0 Å². The van der Waals surface area contributed by atoms with E-state index in [9.17, 15) is 4.79 Å². The highest BCUT2D eigenvalue weighted by molar-refractivity contribution is 7.99. The number of aromatic amines is 1. The van der Waals surface area contributed by atoms with Gasteiger partial charge in [-0.25, -0.2) is 19.9 Å². The van der Waals surface area contributed by atoms with Crippen LogP contribution in [0.1, 0.15) is 24.7 Å². The number of hydrogen-bond acceptors (Lipinski definition) is 6. The fourth-order valence-electron chi connectivity index (χ4n) is 1.73. The van der Waals surface area contributed by atoms with Crippen molar-refractivity contribution >= 4 is 17.6 Å². The van der Waals surface area contributed by atoms with Gasteiger partial charge in [-0.2, -0.15) is 0 Å². The smallest absolute Gasteiger partial charge is 0.343 e. The van der Waals surface area contributed by atoms with E-state index in [1.165, 1.54) is 16.3 Å². The highest BCUT2D eigenvalue weighted by atomic mass is 32.2. The third kappa shape index (κ3) is 2.84. The summed E-state index contributed by atoms with van der Waals surface area (Å²) in [6.07, 6.45) is 1.80. The summed E-state index contributed by atoms with van der Waals surface area (Å²) in [5.74, 6) is 1.61. The number of H-pyrrole nitrogens is 1. The summed E-state index contributed by atoms with van der Waals surface area (Å²) in [5.41, 5.74) is 0.717. The highest BCUT2D eigenvalue weighted by Crippen LogP contribution is 2.29. The minimum atomic E-state index is -0.234. The normalized spacial score (nSPS) is 10.8. The van der Waals surface area contributed by atoms with E-state index >= 15 is 0 Å². The van der Waals surface area contributed by atoms with Crippen molar-refractivity contribution in [2.24, 2.45) is 7.05 Å². The van der Waals surface area contributed by atoms with E-state index in [0.717, 1.165) is 35.1 Å². The molecule has 0 radical (unpaired) electrons. The molecular formula is C12H18N6OS. The van der Waals surface area contributed by atoms with Gasteiger partial charge in [0.1, 0.15) is 16.7 Å². The Labute approximate surface area is 121 Å². The van der Waals surface area contributed by atoms with Gasteiger partial charge in [-0.1, -0.05) is 6.92 Å². The fourth-order valence-corrected chi connectivity index (χ4v) is 2.61. The van der Waals surface area contributed by atoms with Gasteiger partial charge in [-0.15, -0.1) is 5.10 Å². The summed E-state index contributed by atoms with van der Waals surface area (Å²) >= 11 is 1.36. The summed E-state index contributed by atoms with van der Waals surface area (Å²) in [6.45, 7) is 4.04. The van der Waals surface area contributed by atoms with Crippen LogP contribution in [0.3, 0.4) is 0 Å². The van der Waals surface area contributed by atoms with Crippen molar-refractivity contribution < 1.29 is 0 Å². The Bertz CT molecular complexity index is 662. The lowest BCUT2D eigenvalue weighted by Gasteiger charge is -2.11. The number of nitrogens with one attached hydrogen (secondary N) is 2. The van der Waals surface area contributed by atoms with Gasteiger partial charge in [-0.05, 0) is 25.1 Å². The minimum Gasteiger partial charge on any atom is -0.373 e. The largest absolute Gasteiger partial charge is 0.373 e. The first kappa shape index (κ1) is 14.6. The molecule has 108 valence electrons. The Balaban J connectivity index is 2.41. The molecule has 0 bridgehead atoms. The highest BCUT2D eigenvalue weighted by Gasteiger charge is 2.14. The molecule has 2 rings (SSSR count). The second-order valence-corrected chi connectivity index (χ2v) is 5.35. The van der Waals surface area contributed by atoms with Crippen LogP contribution < -0.4 is 11.0 Å². The average Bonchev–Trinajstić information content (AvgIpc) is 2.74. The third-order valence-corrected chi connectivity index (χ3v) is 4.02. The molecule has 20 heavy (non-hydrogen) atoms. The van der Waals surface area contributed by atoms with Crippen LogP contribution in [-0.4, -0.2) is 31.8 Å². The summed E-state index contributed by atoms with van der Waals surface area (Å²) in [7, 11) is 3.51. The van der Waals surface area contributed by atoms with Crippen LogP contribution in [0.4, 0.5) is 5.82 Å². The van der Waals surface area contributed by atoms with Gasteiger partial charge in [0.25, 0.3) is 0 Å². The Morgan fingerprint density at radius 3 is 2.70 bits per heavy atom. The summed E-state index contributed by atoms with van der Waals surface area (Å²) in [4.78, 5) is 20.4. The zero-order valence-corrected chi connectivity index (χ0v) is 12.8. The molecule has 0 aliphatic carbocycles. The maximum absolute atomic E-state index is 11.4. The summed E-state index contributed by atoms with van der Waals surface area (Å²) < 4.78 is 1.46.